The highest BCUT2D eigenvalue weighted by molar-refractivity contribution is 7.89. The summed E-state index contributed by atoms with van der Waals surface area (Å²) in [5.74, 6) is -0.00986. The molecule has 8 heteroatoms. The quantitative estimate of drug-likeness (QED) is 0.475. The second-order valence-electron chi connectivity index (χ2n) is 10.3. The van der Waals surface area contributed by atoms with Gasteiger partial charge >= 0.3 is 0 Å². The zero-order valence-corrected chi connectivity index (χ0v) is 21.8. The summed E-state index contributed by atoms with van der Waals surface area (Å²) in [6.07, 6.45) is 6.64. The SMILES string of the molecule is Cc1ccc(-c2cc(C(N)=O)c3[nH]cc(C4CCN(S(=O)(=O)CCCN5CCCC5)CC4)c3c2)cc1. The molecule has 2 aromatic carbocycles. The number of sulfonamides is 1. The van der Waals surface area contributed by atoms with Crippen LogP contribution in [0.15, 0.2) is 42.6 Å². The van der Waals surface area contributed by atoms with Crippen molar-refractivity contribution in [1.29, 1.82) is 0 Å². The fourth-order valence-electron chi connectivity index (χ4n) is 5.75. The first-order valence-corrected chi connectivity index (χ1v) is 14.6. The van der Waals surface area contributed by atoms with Crippen molar-refractivity contribution in [3.8, 4) is 11.1 Å². The van der Waals surface area contributed by atoms with Gasteiger partial charge in [0.25, 0.3) is 5.91 Å². The zero-order chi connectivity index (χ0) is 25.3. The lowest BCUT2D eigenvalue weighted by atomic mass is 9.88. The molecule has 2 saturated heterocycles. The Labute approximate surface area is 213 Å². The van der Waals surface area contributed by atoms with Gasteiger partial charge in [-0.2, -0.15) is 0 Å². The summed E-state index contributed by atoms with van der Waals surface area (Å²) in [5.41, 5.74) is 11.3. The van der Waals surface area contributed by atoms with E-state index in [2.05, 4.69) is 40.2 Å². The lowest BCUT2D eigenvalue weighted by Gasteiger charge is -2.31. The number of likely N-dealkylation sites (tertiary alicyclic amines) is 1. The van der Waals surface area contributed by atoms with Gasteiger partial charge in [-0.1, -0.05) is 29.8 Å². The molecule has 7 nitrogen and oxygen atoms in total. The third-order valence-corrected chi connectivity index (χ3v) is 9.79. The maximum atomic E-state index is 13.0. The van der Waals surface area contributed by atoms with Crippen molar-refractivity contribution < 1.29 is 13.2 Å². The summed E-state index contributed by atoms with van der Waals surface area (Å²) >= 11 is 0. The minimum atomic E-state index is -3.24. The van der Waals surface area contributed by atoms with Gasteiger partial charge in [0.2, 0.25) is 10.0 Å². The molecule has 0 bridgehead atoms. The first kappa shape index (κ1) is 25.0. The van der Waals surface area contributed by atoms with E-state index in [9.17, 15) is 13.2 Å². The number of piperidine rings is 1. The number of benzene rings is 2. The van der Waals surface area contributed by atoms with Gasteiger partial charge in [0.15, 0.2) is 0 Å². The van der Waals surface area contributed by atoms with Gasteiger partial charge in [-0.05, 0) is 93.4 Å². The largest absolute Gasteiger partial charge is 0.366 e. The highest BCUT2D eigenvalue weighted by Crippen LogP contribution is 2.37. The predicted molar refractivity (Wildman–Crippen MR) is 145 cm³/mol. The van der Waals surface area contributed by atoms with Crippen molar-refractivity contribution in [2.75, 3.05) is 38.5 Å². The van der Waals surface area contributed by atoms with Crippen LogP contribution in [0.3, 0.4) is 0 Å². The Morgan fingerprint density at radius 1 is 1.03 bits per heavy atom. The van der Waals surface area contributed by atoms with E-state index >= 15 is 0 Å². The number of amides is 1. The highest BCUT2D eigenvalue weighted by Gasteiger charge is 2.30. The molecule has 0 atom stereocenters. The van der Waals surface area contributed by atoms with Gasteiger partial charge in [0.1, 0.15) is 0 Å². The number of hydrogen-bond acceptors (Lipinski definition) is 4. The molecule has 1 aromatic heterocycles. The summed E-state index contributed by atoms with van der Waals surface area (Å²) < 4.78 is 27.6. The molecule has 0 spiro atoms. The molecule has 2 fully saturated rings. The fraction of sp³-hybridized carbons (Fsp3) is 0.464. The van der Waals surface area contributed by atoms with Gasteiger partial charge in [-0.25, -0.2) is 12.7 Å². The van der Waals surface area contributed by atoms with Gasteiger partial charge in [0, 0.05) is 24.7 Å². The van der Waals surface area contributed by atoms with E-state index in [1.54, 1.807) is 4.31 Å². The van der Waals surface area contributed by atoms with Crippen LogP contribution >= 0.6 is 0 Å². The smallest absolute Gasteiger partial charge is 0.250 e. The first-order valence-electron chi connectivity index (χ1n) is 13.0. The van der Waals surface area contributed by atoms with Gasteiger partial charge < -0.3 is 15.6 Å². The van der Waals surface area contributed by atoms with Crippen LogP contribution in [0.2, 0.25) is 0 Å². The lowest BCUT2D eigenvalue weighted by molar-refractivity contribution is 0.100. The third kappa shape index (κ3) is 5.21. The van der Waals surface area contributed by atoms with Crippen molar-refractivity contribution in [2.45, 2.75) is 44.9 Å². The molecule has 3 heterocycles. The standard InChI is InChI=1S/C28H36N4O3S/c1-20-5-7-21(8-6-20)23-17-24-26(19-30-27(24)25(18-23)28(29)33)22-9-14-32(15-10-22)36(34,35)16-4-13-31-11-2-3-12-31/h5-8,17-19,22,30H,2-4,9-16H2,1H3,(H2,29,33). The minimum absolute atomic E-state index is 0.225. The molecule has 0 radical (unpaired) electrons. The van der Waals surface area contributed by atoms with E-state index in [0.717, 1.165) is 60.1 Å². The summed E-state index contributed by atoms with van der Waals surface area (Å²) in [5, 5.41) is 0.994. The van der Waals surface area contributed by atoms with Crippen LogP contribution < -0.4 is 5.73 Å². The van der Waals surface area contributed by atoms with Crippen LogP contribution in [0.4, 0.5) is 0 Å². The summed E-state index contributed by atoms with van der Waals surface area (Å²) in [6, 6.07) is 12.2. The number of nitrogens with one attached hydrogen (secondary N) is 1. The second kappa shape index (κ2) is 10.4. The Morgan fingerprint density at radius 2 is 1.72 bits per heavy atom. The maximum Gasteiger partial charge on any atom is 0.250 e. The average Bonchev–Trinajstić information content (AvgIpc) is 3.54. The Bertz CT molecular complexity index is 1330. The highest BCUT2D eigenvalue weighted by atomic mass is 32.2. The molecule has 3 aromatic rings. The predicted octanol–water partition coefficient (Wildman–Crippen LogP) is 4.24. The van der Waals surface area contributed by atoms with Crippen molar-refractivity contribution in [1.82, 2.24) is 14.2 Å². The number of carbonyl (C=O) groups excluding carboxylic acids is 1. The van der Waals surface area contributed by atoms with Gasteiger partial charge in [-0.15, -0.1) is 0 Å². The number of hydrogen-bond donors (Lipinski definition) is 2. The lowest BCUT2D eigenvalue weighted by Crippen LogP contribution is -2.39. The number of fused-ring (bicyclic) bond motifs is 1. The van der Waals surface area contributed by atoms with E-state index < -0.39 is 15.9 Å². The number of aryl methyl sites for hydroxylation is 1. The van der Waals surface area contributed by atoms with E-state index in [1.807, 2.05) is 19.2 Å². The molecule has 3 N–H and O–H groups in total. The van der Waals surface area contributed by atoms with Crippen LogP contribution in [-0.4, -0.2) is 67.0 Å². The molecule has 36 heavy (non-hydrogen) atoms. The van der Waals surface area contributed by atoms with Crippen molar-refractivity contribution in [3.05, 3.63) is 59.3 Å². The fourth-order valence-corrected chi connectivity index (χ4v) is 7.27. The molecule has 0 aliphatic carbocycles. The van der Waals surface area contributed by atoms with Crippen molar-refractivity contribution >= 4 is 26.8 Å². The monoisotopic (exact) mass is 508 g/mol. The van der Waals surface area contributed by atoms with E-state index in [1.165, 1.54) is 18.4 Å². The number of carbonyl (C=O) groups is 1. The summed E-state index contributed by atoms with van der Waals surface area (Å²) in [6.45, 7) is 6.18. The average molecular weight is 509 g/mol. The second-order valence-corrected chi connectivity index (χ2v) is 12.4. The molecule has 192 valence electrons. The van der Waals surface area contributed by atoms with Crippen molar-refractivity contribution in [2.24, 2.45) is 5.73 Å². The molecular weight excluding hydrogens is 472 g/mol. The van der Waals surface area contributed by atoms with Gasteiger partial charge in [0.05, 0.1) is 16.8 Å². The van der Waals surface area contributed by atoms with E-state index in [-0.39, 0.29) is 11.7 Å². The number of primary amides is 1. The minimum Gasteiger partial charge on any atom is -0.366 e. The van der Waals surface area contributed by atoms with Crippen LogP contribution in [0.1, 0.15) is 59.5 Å². The van der Waals surface area contributed by atoms with Crippen LogP contribution in [-0.2, 0) is 10.0 Å². The third-order valence-electron chi connectivity index (χ3n) is 7.83. The number of nitrogens with zero attached hydrogens (tertiary/aromatic N) is 2. The topological polar surface area (TPSA) is 99.5 Å². The van der Waals surface area contributed by atoms with E-state index in [4.69, 9.17) is 5.73 Å². The van der Waals surface area contributed by atoms with Crippen LogP contribution in [0.5, 0.6) is 0 Å². The first-order chi connectivity index (χ1) is 17.3. The Morgan fingerprint density at radius 3 is 2.39 bits per heavy atom. The summed E-state index contributed by atoms with van der Waals surface area (Å²) in [4.78, 5) is 17.9. The number of aromatic amines is 1. The van der Waals surface area contributed by atoms with Gasteiger partial charge in [-0.3, -0.25) is 4.79 Å². The molecule has 0 unspecified atom stereocenters. The van der Waals surface area contributed by atoms with E-state index in [0.29, 0.717) is 25.1 Å². The maximum absolute atomic E-state index is 13.0. The Kier molecular flexibility index (Phi) is 7.19. The number of H-pyrrole nitrogens is 1. The molecule has 0 saturated carbocycles. The van der Waals surface area contributed by atoms with Crippen LogP contribution in [0, 0.1) is 6.92 Å². The van der Waals surface area contributed by atoms with Crippen molar-refractivity contribution in [3.63, 3.8) is 0 Å². The molecule has 5 rings (SSSR count). The molecule has 2 aliphatic heterocycles. The number of rotatable bonds is 8. The molecular formula is C28H36N4O3S. The Balaban J connectivity index is 1.32. The van der Waals surface area contributed by atoms with Crippen LogP contribution in [0.25, 0.3) is 22.0 Å². The number of nitrogens with two attached hydrogens (primary N) is 1. The number of aromatic nitrogens is 1. The Hall–Kier alpha value is -2.68. The zero-order valence-electron chi connectivity index (χ0n) is 21.0. The molecule has 2 aliphatic rings. The summed E-state index contributed by atoms with van der Waals surface area (Å²) in [7, 11) is -3.24. The molecule has 1 amide bonds. The normalized spacial score (nSPS) is 18.2.